The fourth-order valence-corrected chi connectivity index (χ4v) is 5.25. The summed E-state index contributed by atoms with van der Waals surface area (Å²) in [5.74, 6) is 1.30. The minimum atomic E-state index is -0.0318. The van der Waals surface area contributed by atoms with Crippen LogP contribution in [0.2, 0.25) is 0 Å². The number of nitrogens with zero attached hydrogens (tertiary/aromatic N) is 1. The zero-order valence-electron chi connectivity index (χ0n) is 22.0. The molecule has 1 aliphatic rings. The largest absolute Gasteiger partial charge is 0.489 e. The third-order valence-electron chi connectivity index (χ3n) is 7.58. The van der Waals surface area contributed by atoms with Crippen molar-refractivity contribution >= 4 is 5.91 Å². The Balaban J connectivity index is 1.34. The van der Waals surface area contributed by atoms with Crippen LogP contribution in [-0.4, -0.2) is 37.0 Å². The van der Waals surface area contributed by atoms with Crippen molar-refractivity contribution in [3.63, 3.8) is 0 Å². The summed E-state index contributed by atoms with van der Waals surface area (Å²) >= 11 is 0. The summed E-state index contributed by atoms with van der Waals surface area (Å²) < 4.78 is 6.16. The lowest BCUT2D eigenvalue weighted by Crippen LogP contribution is -2.39. The molecule has 4 rings (SSSR count). The smallest absolute Gasteiger partial charge is 0.223 e. The van der Waals surface area contributed by atoms with Crippen molar-refractivity contribution in [1.29, 1.82) is 0 Å². The maximum Gasteiger partial charge on any atom is 0.223 e. The molecule has 4 nitrogen and oxygen atoms in total. The zero-order valence-corrected chi connectivity index (χ0v) is 22.0. The van der Waals surface area contributed by atoms with Gasteiger partial charge in [-0.25, -0.2) is 0 Å². The molecule has 0 aliphatic heterocycles. The van der Waals surface area contributed by atoms with Gasteiger partial charge in [0.1, 0.15) is 12.4 Å². The van der Waals surface area contributed by atoms with E-state index in [4.69, 9.17) is 4.74 Å². The summed E-state index contributed by atoms with van der Waals surface area (Å²) in [6.07, 6.45) is 3.22. The number of amides is 1. The molecule has 0 radical (unpaired) electrons. The van der Waals surface area contributed by atoms with Crippen LogP contribution in [0.3, 0.4) is 0 Å². The minimum absolute atomic E-state index is 0.0318. The molecule has 190 valence electrons. The van der Waals surface area contributed by atoms with E-state index in [-0.39, 0.29) is 17.7 Å². The number of rotatable bonds is 11. The normalized spacial score (nSPS) is 15.8. The number of ether oxygens (including phenoxy) is 1. The van der Waals surface area contributed by atoms with Crippen molar-refractivity contribution in [2.45, 2.75) is 52.6 Å². The van der Waals surface area contributed by atoms with Crippen LogP contribution in [-0.2, 0) is 17.8 Å². The van der Waals surface area contributed by atoms with Crippen LogP contribution in [0.4, 0.5) is 0 Å². The van der Waals surface area contributed by atoms with Crippen LogP contribution < -0.4 is 10.1 Å². The molecule has 0 bridgehead atoms. The van der Waals surface area contributed by atoms with Crippen LogP contribution in [0.1, 0.15) is 56.2 Å². The number of carbonyl (C=O) groups is 1. The van der Waals surface area contributed by atoms with E-state index >= 15 is 0 Å². The van der Waals surface area contributed by atoms with Gasteiger partial charge in [-0.1, -0.05) is 81.4 Å². The van der Waals surface area contributed by atoms with Gasteiger partial charge in [-0.2, -0.15) is 0 Å². The number of fused-ring (bicyclic) bond motifs is 1. The number of carbonyl (C=O) groups excluding carboxylic acids is 1. The Hall–Kier alpha value is -3.11. The van der Waals surface area contributed by atoms with E-state index in [2.05, 4.69) is 97.7 Å². The summed E-state index contributed by atoms with van der Waals surface area (Å²) in [6, 6.07) is 25.4. The Bertz CT molecular complexity index is 1110. The molecule has 0 saturated carbocycles. The van der Waals surface area contributed by atoms with Gasteiger partial charge in [0, 0.05) is 19.0 Å². The maximum atomic E-state index is 12.9. The summed E-state index contributed by atoms with van der Waals surface area (Å²) in [6.45, 7) is 10.6. The fraction of sp³-hybridized carbons (Fsp3) is 0.406. The van der Waals surface area contributed by atoms with Crippen molar-refractivity contribution in [3.05, 3.63) is 89.5 Å². The minimum Gasteiger partial charge on any atom is -0.489 e. The quantitative estimate of drug-likeness (QED) is 0.340. The molecular weight excluding hydrogens is 444 g/mol. The van der Waals surface area contributed by atoms with Crippen LogP contribution in [0, 0.1) is 5.92 Å². The Morgan fingerprint density at radius 2 is 1.72 bits per heavy atom. The number of nitrogens with one attached hydrogen (secondary N) is 1. The third kappa shape index (κ3) is 6.55. The average molecular weight is 485 g/mol. The molecule has 2 unspecified atom stereocenters. The Kier molecular flexibility index (Phi) is 9.18. The molecule has 0 aromatic heterocycles. The third-order valence-corrected chi connectivity index (χ3v) is 7.58. The van der Waals surface area contributed by atoms with E-state index in [9.17, 15) is 4.79 Å². The van der Waals surface area contributed by atoms with Crippen molar-refractivity contribution in [1.82, 2.24) is 10.2 Å². The molecule has 4 heteroatoms. The molecule has 0 fully saturated rings. The Morgan fingerprint density at radius 3 is 2.44 bits per heavy atom. The van der Waals surface area contributed by atoms with Gasteiger partial charge >= 0.3 is 0 Å². The lowest BCUT2D eigenvalue weighted by Gasteiger charge is -2.30. The van der Waals surface area contributed by atoms with Gasteiger partial charge in [-0.3, -0.25) is 4.79 Å². The highest BCUT2D eigenvalue weighted by molar-refractivity contribution is 5.79. The summed E-state index contributed by atoms with van der Waals surface area (Å²) in [5.41, 5.74) is 6.23. The second-order valence-corrected chi connectivity index (χ2v) is 9.82. The van der Waals surface area contributed by atoms with Gasteiger partial charge in [0.15, 0.2) is 0 Å². The monoisotopic (exact) mass is 484 g/mol. The predicted octanol–water partition coefficient (Wildman–Crippen LogP) is 6.45. The van der Waals surface area contributed by atoms with E-state index in [1.54, 1.807) is 0 Å². The number of hydrogen-bond acceptors (Lipinski definition) is 3. The first-order valence-electron chi connectivity index (χ1n) is 13.5. The molecular formula is C32H40N2O2. The molecule has 1 aliphatic carbocycles. The molecule has 2 atom stereocenters. The summed E-state index contributed by atoms with van der Waals surface area (Å²) in [5, 5.41) is 3.17. The first-order valence-corrected chi connectivity index (χ1v) is 13.5. The lowest BCUT2D eigenvalue weighted by atomic mass is 9.76. The molecule has 0 spiro atoms. The first kappa shape index (κ1) is 26.0. The van der Waals surface area contributed by atoms with Crippen LogP contribution in [0.15, 0.2) is 72.8 Å². The van der Waals surface area contributed by atoms with E-state index in [0.29, 0.717) is 13.2 Å². The molecule has 3 aromatic carbocycles. The second-order valence-electron chi connectivity index (χ2n) is 9.82. The average Bonchev–Trinajstić information content (AvgIpc) is 2.94. The first-order chi connectivity index (χ1) is 17.6. The number of hydrogen-bond donors (Lipinski definition) is 1. The van der Waals surface area contributed by atoms with Crippen molar-refractivity contribution < 1.29 is 9.53 Å². The van der Waals surface area contributed by atoms with Crippen molar-refractivity contribution in [2.75, 3.05) is 26.2 Å². The molecule has 1 amide bonds. The predicted molar refractivity (Wildman–Crippen MR) is 148 cm³/mol. The Morgan fingerprint density at radius 1 is 1.00 bits per heavy atom. The van der Waals surface area contributed by atoms with Gasteiger partial charge in [0.05, 0.1) is 0 Å². The molecule has 3 aromatic rings. The zero-order chi connectivity index (χ0) is 25.3. The van der Waals surface area contributed by atoms with Gasteiger partial charge in [-0.15, -0.1) is 0 Å². The van der Waals surface area contributed by atoms with Gasteiger partial charge in [-0.05, 0) is 78.2 Å². The van der Waals surface area contributed by atoms with Crippen molar-refractivity contribution in [3.8, 4) is 16.9 Å². The van der Waals surface area contributed by atoms with Gasteiger partial charge in [0.25, 0.3) is 0 Å². The standard InChI is InChI=1S/C32H40N2O2/c1-4-34(5-2)21-20-33-32(35)24(3)30-13-9-12-28-22-29(18-19-31(28)30)36-23-25-14-16-27(17-15-25)26-10-7-6-8-11-26/h6-8,10-11,14-19,22,24,30H,4-5,9,12-13,20-21,23H2,1-3H3,(H,33,35). The van der Waals surface area contributed by atoms with Gasteiger partial charge < -0.3 is 15.0 Å². The van der Waals surface area contributed by atoms with E-state index in [0.717, 1.165) is 50.2 Å². The van der Waals surface area contributed by atoms with Crippen LogP contribution in [0.25, 0.3) is 11.1 Å². The highest BCUT2D eigenvalue weighted by atomic mass is 16.5. The van der Waals surface area contributed by atoms with E-state index in [1.807, 2.05) is 6.07 Å². The van der Waals surface area contributed by atoms with Crippen molar-refractivity contribution in [2.24, 2.45) is 5.92 Å². The van der Waals surface area contributed by atoms with E-state index < -0.39 is 0 Å². The highest BCUT2D eigenvalue weighted by Crippen LogP contribution is 2.38. The number of aryl methyl sites for hydroxylation is 1. The van der Waals surface area contributed by atoms with E-state index in [1.165, 1.54) is 22.3 Å². The van der Waals surface area contributed by atoms with Crippen LogP contribution in [0.5, 0.6) is 5.75 Å². The number of likely N-dealkylation sites (N-methyl/N-ethyl adjacent to an activating group) is 1. The second kappa shape index (κ2) is 12.7. The summed E-state index contributed by atoms with van der Waals surface area (Å²) in [4.78, 5) is 15.2. The van der Waals surface area contributed by atoms with Crippen LogP contribution >= 0.6 is 0 Å². The summed E-state index contributed by atoms with van der Waals surface area (Å²) in [7, 11) is 0. The molecule has 1 N–H and O–H groups in total. The Labute approximate surface area is 216 Å². The van der Waals surface area contributed by atoms with Gasteiger partial charge in [0.2, 0.25) is 5.91 Å². The lowest BCUT2D eigenvalue weighted by molar-refractivity contribution is -0.125. The molecule has 36 heavy (non-hydrogen) atoms. The molecule has 0 saturated heterocycles. The SMILES string of the molecule is CCN(CC)CCNC(=O)C(C)C1CCCc2cc(OCc3ccc(-c4ccccc4)cc3)ccc21. The molecule has 0 heterocycles. The topological polar surface area (TPSA) is 41.6 Å². The maximum absolute atomic E-state index is 12.9. The number of benzene rings is 3. The highest BCUT2D eigenvalue weighted by Gasteiger charge is 2.29. The fourth-order valence-electron chi connectivity index (χ4n) is 5.25.